The molecule has 0 spiro atoms. The van der Waals surface area contributed by atoms with E-state index in [0.717, 1.165) is 12.8 Å². The van der Waals surface area contributed by atoms with E-state index in [0.29, 0.717) is 32.2 Å². The van der Waals surface area contributed by atoms with Crippen molar-refractivity contribution in [2.24, 2.45) is 10.7 Å². The molecule has 1 aromatic carbocycles. The maximum atomic E-state index is 13.6. The molecule has 1 amide bonds. The molecule has 8 heteroatoms. The standard InChI is InChI=1S/C18H27FN4O3/c1-3-25-18(24)23-10-8-14(9-11-23)22-17(20)21-12-13(2)26-16-7-5-4-6-15(16)19/h4-7,13-14H,3,8-12H2,1-2H3,(H3,20,21,22). The minimum Gasteiger partial charge on any atom is -0.486 e. The Morgan fingerprint density at radius 1 is 1.42 bits per heavy atom. The molecule has 7 nitrogen and oxygen atoms in total. The van der Waals surface area contributed by atoms with E-state index in [1.807, 2.05) is 0 Å². The van der Waals surface area contributed by atoms with Crippen LogP contribution in [0, 0.1) is 5.82 Å². The summed E-state index contributed by atoms with van der Waals surface area (Å²) in [4.78, 5) is 17.6. The van der Waals surface area contributed by atoms with Gasteiger partial charge in [0.05, 0.1) is 13.2 Å². The summed E-state index contributed by atoms with van der Waals surface area (Å²) in [5.74, 6) is 0.124. The number of likely N-dealkylation sites (tertiary alicyclic amines) is 1. The summed E-state index contributed by atoms with van der Waals surface area (Å²) in [6, 6.07) is 6.41. The van der Waals surface area contributed by atoms with E-state index in [1.165, 1.54) is 6.07 Å². The Morgan fingerprint density at radius 3 is 2.77 bits per heavy atom. The van der Waals surface area contributed by atoms with Crippen molar-refractivity contribution in [3.8, 4) is 5.75 Å². The summed E-state index contributed by atoms with van der Waals surface area (Å²) >= 11 is 0. The lowest BCUT2D eigenvalue weighted by molar-refractivity contribution is 0.0963. The van der Waals surface area contributed by atoms with E-state index in [2.05, 4.69) is 10.3 Å². The van der Waals surface area contributed by atoms with Gasteiger partial charge in [-0.2, -0.15) is 0 Å². The second kappa shape index (κ2) is 9.84. The van der Waals surface area contributed by atoms with Crippen LogP contribution in [0.3, 0.4) is 0 Å². The number of hydrogen-bond acceptors (Lipinski definition) is 4. The second-order valence-corrected chi connectivity index (χ2v) is 6.19. The van der Waals surface area contributed by atoms with Crippen LogP contribution < -0.4 is 15.8 Å². The molecule has 2 rings (SSSR count). The van der Waals surface area contributed by atoms with Gasteiger partial charge in [0.25, 0.3) is 0 Å². The van der Waals surface area contributed by atoms with Crippen LogP contribution >= 0.6 is 0 Å². The number of carbonyl (C=O) groups excluding carboxylic acids is 1. The van der Waals surface area contributed by atoms with Crippen LogP contribution in [0.15, 0.2) is 29.3 Å². The summed E-state index contributed by atoms with van der Waals surface area (Å²) in [5.41, 5.74) is 5.92. The number of nitrogens with two attached hydrogens (primary N) is 1. The Morgan fingerprint density at radius 2 is 2.12 bits per heavy atom. The van der Waals surface area contributed by atoms with Gasteiger partial charge in [-0.3, -0.25) is 0 Å². The Kier molecular flexibility index (Phi) is 7.50. The van der Waals surface area contributed by atoms with Gasteiger partial charge >= 0.3 is 6.09 Å². The summed E-state index contributed by atoms with van der Waals surface area (Å²) in [6.07, 6.45) is 0.969. The third-order valence-electron chi connectivity index (χ3n) is 4.06. The Labute approximate surface area is 153 Å². The number of amides is 1. The first-order chi connectivity index (χ1) is 12.5. The highest BCUT2D eigenvalue weighted by molar-refractivity contribution is 5.78. The molecule has 3 N–H and O–H groups in total. The van der Waals surface area contributed by atoms with Crippen LogP contribution in [0.2, 0.25) is 0 Å². The van der Waals surface area contributed by atoms with Crippen LogP contribution in [0.25, 0.3) is 0 Å². The lowest BCUT2D eigenvalue weighted by Crippen LogP contribution is -2.48. The smallest absolute Gasteiger partial charge is 0.409 e. The molecular formula is C18H27FN4O3. The zero-order valence-electron chi connectivity index (χ0n) is 15.3. The molecule has 1 unspecified atom stereocenters. The fourth-order valence-corrected chi connectivity index (χ4v) is 2.70. The highest BCUT2D eigenvalue weighted by atomic mass is 19.1. The lowest BCUT2D eigenvalue weighted by Gasteiger charge is -2.31. The summed E-state index contributed by atoms with van der Waals surface area (Å²) in [6.45, 7) is 5.53. The number of guanidine groups is 1. The van der Waals surface area contributed by atoms with Gasteiger partial charge in [-0.15, -0.1) is 0 Å². The van der Waals surface area contributed by atoms with Crippen LogP contribution in [0.5, 0.6) is 5.75 Å². The van der Waals surface area contributed by atoms with Crippen LogP contribution in [-0.2, 0) is 4.74 Å². The first-order valence-electron chi connectivity index (χ1n) is 8.89. The van der Waals surface area contributed by atoms with E-state index in [1.54, 1.807) is 36.9 Å². The van der Waals surface area contributed by atoms with Crippen molar-refractivity contribution in [2.45, 2.75) is 38.8 Å². The predicted molar refractivity (Wildman–Crippen MR) is 97.7 cm³/mol. The van der Waals surface area contributed by atoms with Crippen LogP contribution in [0.1, 0.15) is 26.7 Å². The zero-order chi connectivity index (χ0) is 18.9. The van der Waals surface area contributed by atoms with Crippen molar-refractivity contribution in [1.29, 1.82) is 0 Å². The summed E-state index contributed by atoms with van der Waals surface area (Å²) in [7, 11) is 0. The first-order valence-corrected chi connectivity index (χ1v) is 8.89. The average Bonchev–Trinajstić information content (AvgIpc) is 2.63. The quantitative estimate of drug-likeness (QED) is 0.595. The van der Waals surface area contributed by atoms with Crippen molar-refractivity contribution < 1.29 is 18.7 Å². The fourth-order valence-electron chi connectivity index (χ4n) is 2.70. The van der Waals surface area contributed by atoms with Crippen LogP contribution in [0.4, 0.5) is 9.18 Å². The van der Waals surface area contributed by atoms with Crippen molar-refractivity contribution in [1.82, 2.24) is 10.2 Å². The number of piperidine rings is 1. The number of aliphatic imine (C=N–C) groups is 1. The number of nitrogens with one attached hydrogen (secondary N) is 1. The van der Waals surface area contributed by atoms with E-state index in [-0.39, 0.29) is 24.0 Å². The second-order valence-electron chi connectivity index (χ2n) is 6.19. The largest absolute Gasteiger partial charge is 0.486 e. The fraction of sp³-hybridized carbons (Fsp3) is 0.556. The van der Waals surface area contributed by atoms with Gasteiger partial charge in [0.2, 0.25) is 0 Å². The van der Waals surface area contributed by atoms with Gasteiger partial charge in [0, 0.05) is 19.1 Å². The molecule has 1 aliphatic heterocycles. The lowest BCUT2D eigenvalue weighted by atomic mass is 10.1. The number of benzene rings is 1. The SMILES string of the molecule is CCOC(=O)N1CCC(NC(N)=NCC(C)Oc2ccccc2F)CC1. The van der Waals surface area contributed by atoms with Crippen molar-refractivity contribution in [3.05, 3.63) is 30.1 Å². The maximum absolute atomic E-state index is 13.6. The molecule has 1 heterocycles. The Bertz CT molecular complexity index is 618. The number of carbonyl (C=O) groups is 1. The molecule has 0 radical (unpaired) electrons. The van der Waals surface area contributed by atoms with Gasteiger partial charge in [-0.1, -0.05) is 12.1 Å². The number of nitrogens with zero attached hydrogens (tertiary/aromatic N) is 2. The van der Waals surface area contributed by atoms with Crippen molar-refractivity contribution >= 4 is 12.1 Å². The number of rotatable bonds is 6. The average molecular weight is 366 g/mol. The van der Waals surface area contributed by atoms with Gasteiger partial charge in [0.15, 0.2) is 17.5 Å². The molecule has 0 bridgehead atoms. The van der Waals surface area contributed by atoms with Crippen molar-refractivity contribution in [3.63, 3.8) is 0 Å². The van der Waals surface area contributed by atoms with Gasteiger partial charge in [0.1, 0.15) is 6.10 Å². The molecule has 0 saturated carbocycles. The van der Waals surface area contributed by atoms with E-state index in [9.17, 15) is 9.18 Å². The number of halogens is 1. The minimum absolute atomic E-state index is 0.159. The molecule has 1 fully saturated rings. The van der Waals surface area contributed by atoms with E-state index >= 15 is 0 Å². The third-order valence-corrected chi connectivity index (χ3v) is 4.06. The maximum Gasteiger partial charge on any atom is 0.409 e. The van der Waals surface area contributed by atoms with Gasteiger partial charge in [-0.25, -0.2) is 14.2 Å². The molecular weight excluding hydrogens is 339 g/mol. The normalized spacial score (nSPS) is 16.9. The molecule has 1 saturated heterocycles. The molecule has 26 heavy (non-hydrogen) atoms. The van der Waals surface area contributed by atoms with E-state index < -0.39 is 5.82 Å². The Balaban J connectivity index is 1.73. The molecule has 1 aromatic rings. The zero-order valence-corrected chi connectivity index (χ0v) is 15.3. The molecule has 0 aliphatic carbocycles. The van der Waals surface area contributed by atoms with Crippen molar-refractivity contribution in [2.75, 3.05) is 26.2 Å². The summed E-state index contributed by atoms with van der Waals surface area (Å²) in [5, 5.41) is 3.16. The molecule has 0 aromatic heterocycles. The molecule has 1 aliphatic rings. The van der Waals surface area contributed by atoms with Gasteiger partial charge in [-0.05, 0) is 38.8 Å². The Hall–Kier alpha value is -2.51. The van der Waals surface area contributed by atoms with E-state index in [4.69, 9.17) is 15.2 Å². The topological polar surface area (TPSA) is 89.2 Å². The van der Waals surface area contributed by atoms with Crippen LogP contribution in [-0.4, -0.2) is 55.3 Å². The monoisotopic (exact) mass is 366 g/mol. The molecule has 1 atom stereocenters. The third kappa shape index (κ3) is 6.09. The number of ether oxygens (including phenoxy) is 2. The summed E-state index contributed by atoms with van der Waals surface area (Å²) < 4.78 is 24.1. The highest BCUT2D eigenvalue weighted by Gasteiger charge is 2.23. The molecule has 144 valence electrons. The minimum atomic E-state index is -0.400. The number of para-hydroxylation sites is 1. The highest BCUT2D eigenvalue weighted by Crippen LogP contribution is 2.17. The van der Waals surface area contributed by atoms with Gasteiger partial charge < -0.3 is 25.4 Å². The number of hydrogen-bond donors (Lipinski definition) is 2. The first kappa shape index (κ1) is 19.8. The predicted octanol–water partition coefficient (Wildman–Crippen LogP) is 2.12.